The molecule has 24 heavy (non-hydrogen) atoms. The molecular formula is C18H18N4OS. The second-order valence-electron chi connectivity index (χ2n) is 5.45. The zero-order valence-corrected chi connectivity index (χ0v) is 14.1. The Hall–Kier alpha value is -2.73. The van der Waals surface area contributed by atoms with Crippen molar-refractivity contribution in [2.75, 3.05) is 10.6 Å². The maximum absolute atomic E-state index is 11.9. The molecule has 1 aromatic carbocycles. The molecule has 2 heterocycles. The molecule has 3 rings (SSSR count). The van der Waals surface area contributed by atoms with Gasteiger partial charge in [-0.2, -0.15) is 0 Å². The third kappa shape index (κ3) is 4.63. The molecule has 3 aromatic rings. The number of thiophene rings is 1. The maximum Gasteiger partial charge on any atom is 0.230 e. The van der Waals surface area contributed by atoms with Crippen LogP contribution in [0.2, 0.25) is 0 Å². The van der Waals surface area contributed by atoms with Crippen molar-refractivity contribution in [2.45, 2.75) is 19.9 Å². The van der Waals surface area contributed by atoms with Crippen molar-refractivity contribution >= 4 is 28.9 Å². The van der Waals surface area contributed by atoms with Crippen molar-refractivity contribution in [3.8, 4) is 0 Å². The van der Waals surface area contributed by atoms with Crippen LogP contribution in [0.1, 0.15) is 16.0 Å². The van der Waals surface area contributed by atoms with Crippen LogP contribution in [0, 0.1) is 6.92 Å². The molecule has 0 atom stereocenters. The van der Waals surface area contributed by atoms with Crippen molar-refractivity contribution in [1.29, 1.82) is 0 Å². The number of benzene rings is 1. The number of nitrogens with one attached hydrogen (secondary N) is 2. The summed E-state index contributed by atoms with van der Waals surface area (Å²) < 4.78 is 0. The first-order valence-electron chi connectivity index (χ1n) is 7.64. The highest BCUT2D eigenvalue weighted by molar-refractivity contribution is 7.10. The fraction of sp³-hybridized carbons (Fsp3) is 0.167. The van der Waals surface area contributed by atoms with Gasteiger partial charge in [-0.3, -0.25) is 4.79 Å². The first-order valence-corrected chi connectivity index (χ1v) is 8.52. The fourth-order valence-electron chi connectivity index (χ4n) is 2.15. The van der Waals surface area contributed by atoms with Gasteiger partial charge in [-0.1, -0.05) is 35.9 Å². The molecule has 122 valence electrons. The van der Waals surface area contributed by atoms with Gasteiger partial charge in [0.2, 0.25) is 5.91 Å². The van der Waals surface area contributed by atoms with E-state index in [-0.39, 0.29) is 5.91 Å². The van der Waals surface area contributed by atoms with E-state index in [2.05, 4.69) is 52.0 Å². The number of hydrogen-bond acceptors (Lipinski definition) is 5. The first kappa shape index (κ1) is 16.1. The molecule has 0 saturated carbocycles. The SMILES string of the molecule is Cc1ccc(CNc2ccc(NC(=O)Cc3cccs3)nn2)cc1. The quantitative estimate of drug-likeness (QED) is 0.720. The lowest BCUT2D eigenvalue weighted by Gasteiger charge is -2.07. The molecule has 0 bridgehead atoms. The van der Waals surface area contributed by atoms with E-state index in [0.29, 0.717) is 24.6 Å². The number of aryl methyl sites for hydroxylation is 1. The van der Waals surface area contributed by atoms with Gasteiger partial charge in [-0.15, -0.1) is 21.5 Å². The van der Waals surface area contributed by atoms with E-state index in [9.17, 15) is 4.79 Å². The third-order valence-electron chi connectivity index (χ3n) is 3.44. The van der Waals surface area contributed by atoms with Crippen LogP contribution in [-0.2, 0) is 17.8 Å². The molecule has 5 nitrogen and oxygen atoms in total. The molecule has 0 radical (unpaired) electrons. The fourth-order valence-corrected chi connectivity index (χ4v) is 2.85. The van der Waals surface area contributed by atoms with Crippen LogP contribution in [0.5, 0.6) is 0 Å². The van der Waals surface area contributed by atoms with E-state index in [1.807, 2.05) is 23.6 Å². The number of nitrogens with zero attached hydrogens (tertiary/aromatic N) is 2. The Bertz CT molecular complexity index is 783. The Morgan fingerprint density at radius 3 is 2.46 bits per heavy atom. The zero-order chi connectivity index (χ0) is 16.8. The molecule has 0 spiro atoms. The molecule has 0 fully saturated rings. The minimum atomic E-state index is -0.0906. The van der Waals surface area contributed by atoms with E-state index < -0.39 is 0 Å². The summed E-state index contributed by atoms with van der Waals surface area (Å²) in [6.07, 6.45) is 0.354. The average molecular weight is 338 g/mol. The standard InChI is InChI=1S/C18H18N4OS/c1-13-4-6-14(7-5-13)12-19-16-8-9-17(22-21-16)20-18(23)11-15-3-2-10-24-15/h2-10H,11-12H2,1H3,(H,19,21)(H,20,22,23). The summed E-state index contributed by atoms with van der Waals surface area (Å²) in [6.45, 7) is 2.74. The topological polar surface area (TPSA) is 66.9 Å². The van der Waals surface area contributed by atoms with Gasteiger partial charge in [-0.25, -0.2) is 0 Å². The molecule has 0 aliphatic rings. The highest BCUT2D eigenvalue weighted by atomic mass is 32.1. The molecule has 0 aliphatic carbocycles. The Kier molecular flexibility index (Phi) is 5.18. The molecule has 0 aliphatic heterocycles. The van der Waals surface area contributed by atoms with E-state index >= 15 is 0 Å². The van der Waals surface area contributed by atoms with Crippen LogP contribution in [0.4, 0.5) is 11.6 Å². The molecule has 1 amide bonds. The maximum atomic E-state index is 11.9. The lowest BCUT2D eigenvalue weighted by atomic mass is 10.1. The van der Waals surface area contributed by atoms with Gasteiger partial charge in [0.25, 0.3) is 0 Å². The van der Waals surface area contributed by atoms with Crippen molar-refractivity contribution < 1.29 is 4.79 Å². The van der Waals surface area contributed by atoms with E-state index in [1.165, 1.54) is 11.1 Å². The minimum absolute atomic E-state index is 0.0906. The van der Waals surface area contributed by atoms with Gasteiger partial charge in [0.05, 0.1) is 6.42 Å². The molecular weight excluding hydrogens is 320 g/mol. The second kappa shape index (κ2) is 7.70. The third-order valence-corrected chi connectivity index (χ3v) is 4.32. The average Bonchev–Trinajstić information content (AvgIpc) is 3.08. The van der Waals surface area contributed by atoms with E-state index in [0.717, 1.165) is 4.88 Å². The lowest BCUT2D eigenvalue weighted by molar-refractivity contribution is -0.115. The Balaban J connectivity index is 1.51. The van der Waals surface area contributed by atoms with Gasteiger partial charge >= 0.3 is 0 Å². The van der Waals surface area contributed by atoms with Gasteiger partial charge in [0.15, 0.2) is 5.82 Å². The highest BCUT2D eigenvalue weighted by Crippen LogP contribution is 2.12. The Labute approximate surface area is 144 Å². The van der Waals surface area contributed by atoms with Crippen molar-refractivity contribution in [3.05, 3.63) is 69.9 Å². The van der Waals surface area contributed by atoms with Gasteiger partial charge in [-0.05, 0) is 36.1 Å². The number of rotatable bonds is 6. The molecule has 2 aromatic heterocycles. The number of carbonyl (C=O) groups excluding carboxylic acids is 1. The highest BCUT2D eigenvalue weighted by Gasteiger charge is 2.06. The van der Waals surface area contributed by atoms with Crippen molar-refractivity contribution in [1.82, 2.24) is 10.2 Å². The van der Waals surface area contributed by atoms with Crippen LogP contribution in [0.25, 0.3) is 0 Å². The normalized spacial score (nSPS) is 10.4. The minimum Gasteiger partial charge on any atom is -0.365 e. The van der Waals surface area contributed by atoms with E-state index in [4.69, 9.17) is 0 Å². The van der Waals surface area contributed by atoms with Crippen molar-refractivity contribution in [3.63, 3.8) is 0 Å². The number of carbonyl (C=O) groups is 1. The summed E-state index contributed by atoms with van der Waals surface area (Å²) >= 11 is 1.56. The first-order chi connectivity index (χ1) is 11.7. The summed E-state index contributed by atoms with van der Waals surface area (Å²) in [5.41, 5.74) is 2.41. The van der Waals surface area contributed by atoms with Crippen LogP contribution in [0.3, 0.4) is 0 Å². The second-order valence-corrected chi connectivity index (χ2v) is 6.48. The van der Waals surface area contributed by atoms with Gasteiger partial charge < -0.3 is 10.6 Å². The smallest absolute Gasteiger partial charge is 0.230 e. The molecule has 0 unspecified atom stereocenters. The predicted molar refractivity (Wildman–Crippen MR) is 97.2 cm³/mol. The van der Waals surface area contributed by atoms with Crippen LogP contribution < -0.4 is 10.6 Å². The Morgan fingerprint density at radius 1 is 1.04 bits per heavy atom. The zero-order valence-electron chi connectivity index (χ0n) is 13.3. The summed E-state index contributed by atoms with van der Waals surface area (Å²) in [7, 11) is 0. The van der Waals surface area contributed by atoms with Crippen molar-refractivity contribution in [2.24, 2.45) is 0 Å². The van der Waals surface area contributed by atoms with Gasteiger partial charge in [0, 0.05) is 11.4 Å². The lowest BCUT2D eigenvalue weighted by Crippen LogP contribution is -2.15. The van der Waals surface area contributed by atoms with E-state index in [1.54, 1.807) is 17.4 Å². The summed E-state index contributed by atoms with van der Waals surface area (Å²) in [5, 5.41) is 16.0. The van der Waals surface area contributed by atoms with Crippen LogP contribution in [0.15, 0.2) is 53.9 Å². The summed E-state index contributed by atoms with van der Waals surface area (Å²) in [5.74, 6) is 1.04. The number of aromatic nitrogens is 2. The molecule has 2 N–H and O–H groups in total. The Morgan fingerprint density at radius 2 is 1.79 bits per heavy atom. The monoisotopic (exact) mass is 338 g/mol. The van der Waals surface area contributed by atoms with Crippen LogP contribution >= 0.6 is 11.3 Å². The molecule has 6 heteroatoms. The van der Waals surface area contributed by atoms with Gasteiger partial charge in [0.1, 0.15) is 5.82 Å². The number of anilines is 2. The van der Waals surface area contributed by atoms with Crippen LogP contribution in [-0.4, -0.2) is 16.1 Å². The summed E-state index contributed by atoms with van der Waals surface area (Å²) in [4.78, 5) is 12.9. The predicted octanol–water partition coefficient (Wildman–Crippen LogP) is 3.64. The summed E-state index contributed by atoms with van der Waals surface area (Å²) in [6, 6.07) is 15.7. The number of hydrogen-bond donors (Lipinski definition) is 2. The molecule has 0 saturated heterocycles. The number of amides is 1. The largest absolute Gasteiger partial charge is 0.365 e.